The average Bonchev–Trinajstić information content (AvgIpc) is 3.03. The molecule has 2 heterocycles. The molecule has 0 unspecified atom stereocenters. The van der Waals surface area contributed by atoms with Crippen molar-refractivity contribution in [3.63, 3.8) is 0 Å². The molecule has 5 nitrogen and oxygen atoms in total. The number of aliphatic carboxylic acids is 1. The summed E-state index contributed by atoms with van der Waals surface area (Å²) >= 11 is 0. The predicted octanol–water partition coefficient (Wildman–Crippen LogP) is 2.90. The van der Waals surface area contributed by atoms with Crippen LogP contribution in [0, 0.1) is 5.92 Å². The number of benzene rings is 1. The van der Waals surface area contributed by atoms with Crippen LogP contribution in [0.2, 0.25) is 0 Å². The standard InChI is InChI=1S/C18H20N2O3/c1-11(2)16-9-14(13-5-3-4-6-15(13)19-16)17(21)20-8-7-12(10-20)18(22)23/h3-6,9,11-12H,7-8,10H2,1-2H3,(H,22,23)/t12-/m0/s1. The molecule has 3 rings (SSSR count). The summed E-state index contributed by atoms with van der Waals surface area (Å²) in [4.78, 5) is 30.3. The van der Waals surface area contributed by atoms with Crippen LogP contribution in [0.3, 0.4) is 0 Å². The van der Waals surface area contributed by atoms with Gasteiger partial charge in [-0.25, -0.2) is 0 Å². The number of hydrogen-bond acceptors (Lipinski definition) is 3. The Bertz CT molecular complexity index is 770. The van der Waals surface area contributed by atoms with Gasteiger partial charge in [-0.2, -0.15) is 0 Å². The van der Waals surface area contributed by atoms with Crippen molar-refractivity contribution in [2.45, 2.75) is 26.2 Å². The molecule has 1 saturated heterocycles. The molecule has 120 valence electrons. The highest BCUT2D eigenvalue weighted by atomic mass is 16.4. The van der Waals surface area contributed by atoms with Crippen LogP contribution in [0.25, 0.3) is 10.9 Å². The van der Waals surface area contributed by atoms with Crippen LogP contribution in [0.4, 0.5) is 0 Å². The third kappa shape index (κ3) is 2.91. The molecule has 0 saturated carbocycles. The van der Waals surface area contributed by atoms with E-state index in [4.69, 9.17) is 5.11 Å². The SMILES string of the molecule is CC(C)c1cc(C(=O)N2CC[C@H](C(=O)O)C2)c2ccccc2n1. The van der Waals surface area contributed by atoms with Gasteiger partial charge in [-0.1, -0.05) is 32.0 Å². The molecule has 1 aliphatic rings. The number of fused-ring (bicyclic) bond motifs is 1. The highest BCUT2D eigenvalue weighted by Crippen LogP contribution is 2.26. The second-order valence-corrected chi connectivity index (χ2v) is 6.34. The van der Waals surface area contributed by atoms with Crippen LogP contribution in [0.15, 0.2) is 30.3 Å². The summed E-state index contributed by atoms with van der Waals surface area (Å²) in [7, 11) is 0. The van der Waals surface area contributed by atoms with E-state index in [9.17, 15) is 9.59 Å². The maximum Gasteiger partial charge on any atom is 0.308 e. The summed E-state index contributed by atoms with van der Waals surface area (Å²) < 4.78 is 0. The number of para-hydroxylation sites is 1. The van der Waals surface area contributed by atoms with Gasteiger partial charge in [0.2, 0.25) is 0 Å². The summed E-state index contributed by atoms with van der Waals surface area (Å²) in [6.45, 7) is 4.86. The van der Waals surface area contributed by atoms with E-state index in [2.05, 4.69) is 4.98 Å². The summed E-state index contributed by atoms with van der Waals surface area (Å²) in [6, 6.07) is 9.44. The van der Waals surface area contributed by atoms with Crippen molar-refractivity contribution in [1.29, 1.82) is 0 Å². The molecule has 1 atom stereocenters. The Morgan fingerprint density at radius 2 is 2.04 bits per heavy atom. The molecule has 23 heavy (non-hydrogen) atoms. The van der Waals surface area contributed by atoms with E-state index in [1.54, 1.807) is 4.90 Å². The van der Waals surface area contributed by atoms with Crippen molar-refractivity contribution in [2.24, 2.45) is 5.92 Å². The lowest BCUT2D eigenvalue weighted by molar-refractivity contribution is -0.141. The number of hydrogen-bond donors (Lipinski definition) is 1. The summed E-state index contributed by atoms with van der Waals surface area (Å²) in [5.74, 6) is -1.18. The van der Waals surface area contributed by atoms with E-state index in [0.717, 1.165) is 16.6 Å². The second-order valence-electron chi connectivity index (χ2n) is 6.34. The van der Waals surface area contributed by atoms with Crippen molar-refractivity contribution < 1.29 is 14.7 Å². The third-order valence-corrected chi connectivity index (χ3v) is 4.38. The van der Waals surface area contributed by atoms with Gasteiger partial charge in [0.05, 0.1) is 17.0 Å². The van der Waals surface area contributed by atoms with Crippen molar-refractivity contribution in [2.75, 3.05) is 13.1 Å². The van der Waals surface area contributed by atoms with Crippen molar-refractivity contribution in [3.8, 4) is 0 Å². The van der Waals surface area contributed by atoms with Crippen molar-refractivity contribution >= 4 is 22.8 Å². The first-order valence-corrected chi connectivity index (χ1v) is 7.89. The largest absolute Gasteiger partial charge is 0.481 e. The van der Waals surface area contributed by atoms with E-state index in [-0.39, 0.29) is 18.4 Å². The fourth-order valence-corrected chi connectivity index (χ4v) is 2.99. The van der Waals surface area contributed by atoms with Gasteiger partial charge in [-0.05, 0) is 24.5 Å². The lowest BCUT2D eigenvalue weighted by Gasteiger charge is -2.18. The molecule has 1 aromatic heterocycles. The molecular formula is C18H20N2O3. The number of carboxylic acids is 1. The third-order valence-electron chi connectivity index (χ3n) is 4.38. The zero-order chi connectivity index (χ0) is 16.6. The lowest BCUT2D eigenvalue weighted by Crippen LogP contribution is -2.30. The molecule has 0 bridgehead atoms. The van der Waals surface area contributed by atoms with E-state index in [0.29, 0.717) is 18.5 Å². The fraction of sp³-hybridized carbons (Fsp3) is 0.389. The fourth-order valence-electron chi connectivity index (χ4n) is 2.99. The molecule has 1 fully saturated rings. The monoisotopic (exact) mass is 312 g/mol. The van der Waals surface area contributed by atoms with Crippen LogP contribution in [0.5, 0.6) is 0 Å². The molecule has 0 aliphatic carbocycles. The number of aromatic nitrogens is 1. The highest BCUT2D eigenvalue weighted by Gasteiger charge is 2.32. The second kappa shape index (κ2) is 5.99. The number of pyridine rings is 1. The Morgan fingerprint density at radius 1 is 1.30 bits per heavy atom. The smallest absolute Gasteiger partial charge is 0.308 e. The maximum absolute atomic E-state index is 12.9. The molecular weight excluding hydrogens is 292 g/mol. The first kappa shape index (κ1) is 15.5. The normalized spacial score (nSPS) is 17.9. The topological polar surface area (TPSA) is 70.5 Å². The van der Waals surface area contributed by atoms with Crippen LogP contribution < -0.4 is 0 Å². The Hall–Kier alpha value is -2.43. The molecule has 1 aliphatic heterocycles. The van der Waals surface area contributed by atoms with Gasteiger partial charge in [0.1, 0.15) is 0 Å². The van der Waals surface area contributed by atoms with Gasteiger partial charge in [0, 0.05) is 24.2 Å². The zero-order valence-electron chi connectivity index (χ0n) is 13.3. The Morgan fingerprint density at radius 3 is 2.70 bits per heavy atom. The number of rotatable bonds is 3. The van der Waals surface area contributed by atoms with Crippen LogP contribution >= 0.6 is 0 Å². The molecule has 1 N–H and O–H groups in total. The Balaban J connectivity index is 2.01. The number of nitrogens with zero attached hydrogens (tertiary/aromatic N) is 2. The molecule has 2 aromatic rings. The first-order chi connectivity index (χ1) is 11.0. The molecule has 1 aromatic carbocycles. The number of amides is 1. The van der Waals surface area contributed by atoms with Crippen molar-refractivity contribution in [1.82, 2.24) is 9.88 Å². The summed E-state index contributed by atoms with van der Waals surface area (Å²) in [5, 5.41) is 9.94. The van der Waals surface area contributed by atoms with Gasteiger partial charge < -0.3 is 10.0 Å². The minimum Gasteiger partial charge on any atom is -0.481 e. The number of carboxylic acid groups (broad SMARTS) is 1. The van der Waals surface area contributed by atoms with Gasteiger partial charge in [0.15, 0.2) is 0 Å². The zero-order valence-corrected chi connectivity index (χ0v) is 13.3. The average molecular weight is 312 g/mol. The summed E-state index contributed by atoms with van der Waals surface area (Å²) in [6.07, 6.45) is 0.515. The van der Waals surface area contributed by atoms with Gasteiger partial charge in [-0.15, -0.1) is 0 Å². The minimum absolute atomic E-state index is 0.103. The number of likely N-dealkylation sites (tertiary alicyclic amines) is 1. The van der Waals surface area contributed by atoms with Gasteiger partial charge in [-0.3, -0.25) is 14.6 Å². The summed E-state index contributed by atoms with van der Waals surface area (Å²) in [5.41, 5.74) is 2.29. The van der Waals surface area contributed by atoms with E-state index in [1.807, 2.05) is 44.2 Å². The number of carbonyl (C=O) groups excluding carboxylic acids is 1. The molecule has 0 radical (unpaired) electrons. The minimum atomic E-state index is -0.831. The van der Waals surface area contributed by atoms with E-state index >= 15 is 0 Å². The Labute approximate surface area is 134 Å². The molecule has 1 amide bonds. The van der Waals surface area contributed by atoms with Crippen LogP contribution in [0.1, 0.15) is 42.2 Å². The molecule has 5 heteroatoms. The highest BCUT2D eigenvalue weighted by molar-refractivity contribution is 6.06. The molecule has 0 spiro atoms. The Kier molecular flexibility index (Phi) is 4.03. The first-order valence-electron chi connectivity index (χ1n) is 7.89. The van der Waals surface area contributed by atoms with E-state index < -0.39 is 11.9 Å². The quantitative estimate of drug-likeness (QED) is 0.946. The van der Waals surface area contributed by atoms with Crippen LogP contribution in [-0.2, 0) is 4.79 Å². The van der Waals surface area contributed by atoms with Crippen molar-refractivity contribution in [3.05, 3.63) is 41.6 Å². The maximum atomic E-state index is 12.9. The number of carbonyl (C=O) groups is 2. The van der Waals surface area contributed by atoms with Crippen LogP contribution in [-0.4, -0.2) is 40.0 Å². The lowest BCUT2D eigenvalue weighted by atomic mass is 10.0. The predicted molar refractivity (Wildman–Crippen MR) is 87.5 cm³/mol. The van der Waals surface area contributed by atoms with E-state index in [1.165, 1.54) is 0 Å². The van der Waals surface area contributed by atoms with Gasteiger partial charge in [0.25, 0.3) is 5.91 Å². The van der Waals surface area contributed by atoms with Gasteiger partial charge >= 0.3 is 5.97 Å².